The predicted molar refractivity (Wildman–Crippen MR) is 123 cm³/mol. The number of benzene rings is 1. The molecular weight excluding hydrogens is 417 g/mol. The van der Waals surface area contributed by atoms with E-state index in [1.165, 1.54) is 11.0 Å². The first-order valence-corrected chi connectivity index (χ1v) is 11.1. The average molecular weight is 457 g/mol. The van der Waals surface area contributed by atoms with Crippen molar-refractivity contribution in [1.82, 2.24) is 0 Å². The van der Waals surface area contributed by atoms with Crippen LogP contribution in [0.4, 0.5) is 23.7 Å². The molecule has 0 unspecified atom stereocenters. The minimum Gasteiger partial charge on any atom is -0.443 e. The zero-order valence-electron chi connectivity index (χ0n) is 21.1. The number of nitrogens with zero attached hydrogens (tertiary/aromatic N) is 1. The van der Waals surface area contributed by atoms with Crippen molar-refractivity contribution in [1.29, 1.82) is 0 Å². The Morgan fingerprint density at radius 1 is 0.969 bits per heavy atom. The molecular formula is C25H39F3N2O2. The van der Waals surface area contributed by atoms with Crippen molar-refractivity contribution in [2.45, 2.75) is 99.5 Å². The molecule has 0 aromatic heterocycles. The Morgan fingerprint density at radius 3 is 1.94 bits per heavy atom. The Labute approximate surface area is 190 Å². The molecule has 2 rings (SSSR count). The van der Waals surface area contributed by atoms with Gasteiger partial charge in [-0.15, -0.1) is 0 Å². The lowest BCUT2D eigenvalue weighted by molar-refractivity contribution is -0.137. The third-order valence-electron chi connectivity index (χ3n) is 7.91. The van der Waals surface area contributed by atoms with Crippen LogP contribution in [-0.4, -0.2) is 17.7 Å². The smallest absolute Gasteiger partial charge is 0.416 e. The summed E-state index contributed by atoms with van der Waals surface area (Å²) in [7, 11) is 0. The molecule has 1 aliphatic heterocycles. The molecule has 7 heteroatoms. The van der Waals surface area contributed by atoms with Gasteiger partial charge in [0.15, 0.2) is 0 Å². The fourth-order valence-electron chi connectivity index (χ4n) is 3.65. The molecule has 0 aliphatic carbocycles. The number of hydrogen-bond donors (Lipinski definition) is 1. The van der Waals surface area contributed by atoms with Gasteiger partial charge in [-0.3, -0.25) is 4.90 Å². The summed E-state index contributed by atoms with van der Waals surface area (Å²) in [5.74, 6) is 0. The number of hydrogen-bond acceptors (Lipinski definition) is 3. The largest absolute Gasteiger partial charge is 0.443 e. The SMILES string of the molecule is CC(C)(C)C(C)(C)OC(=O)N1c2ccc(C(F)(F)F)cc2[C@@H](N)C[C@H]1C(C)(C)C(C)(C)C. The fourth-order valence-corrected chi connectivity index (χ4v) is 3.65. The molecule has 182 valence electrons. The van der Waals surface area contributed by atoms with Crippen LogP contribution in [0.1, 0.15) is 92.8 Å². The number of alkyl halides is 3. The summed E-state index contributed by atoms with van der Waals surface area (Å²) in [5, 5.41) is 0. The molecule has 0 saturated heterocycles. The number of halogens is 3. The van der Waals surface area contributed by atoms with E-state index in [9.17, 15) is 18.0 Å². The van der Waals surface area contributed by atoms with E-state index >= 15 is 0 Å². The Hall–Kier alpha value is -1.76. The number of rotatable bonds is 2. The highest BCUT2D eigenvalue weighted by Crippen LogP contribution is 2.51. The van der Waals surface area contributed by atoms with Gasteiger partial charge in [-0.25, -0.2) is 4.79 Å². The van der Waals surface area contributed by atoms with Gasteiger partial charge < -0.3 is 10.5 Å². The molecule has 0 radical (unpaired) electrons. The number of anilines is 1. The summed E-state index contributed by atoms with van der Waals surface area (Å²) in [4.78, 5) is 15.2. The van der Waals surface area contributed by atoms with Crippen molar-refractivity contribution in [2.75, 3.05) is 4.90 Å². The van der Waals surface area contributed by atoms with Gasteiger partial charge in [-0.05, 0) is 54.9 Å². The van der Waals surface area contributed by atoms with E-state index in [4.69, 9.17) is 10.5 Å². The van der Waals surface area contributed by atoms with Crippen molar-refractivity contribution in [3.63, 3.8) is 0 Å². The quantitative estimate of drug-likeness (QED) is 0.507. The highest BCUT2D eigenvalue weighted by molar-refractivity contribution is 5.91. The molecule has 4 nitrogen and oxygen atoms in total. The molecule has 2 atom stereocenters. The third kappa shape index (κ3) is 4.78. The number of carbonyl (C=O) groups is 1. The normalized spacial score (nSPS) is 20.8. The molecule has 1 amide bonds. The van der Waals surface area contributed by atoms with E-state index in [1.54, 1.807) is 0 Å². The molecule has 1 aliphatic rings. The lowest BCUT2D eigenvalue weighted by atomic mass is 9.62. The second-order valence-corrected chi connectivity index (χ2v) is 12.1. The van der Waals surface area contributed by atoms with Crippen LogP contribution in [0.15, 0.2) is 18.2 Å². The Morgan fingerprint density at radius 2 is 1.50 bits per heavy atom. The van der Waals surface area contributed by atoms with Crippen molar-refractivity contribution in [2.24, 2.45) is 22.0 Å². The summed E-state index contributed by atoms with van der Waals surface area (Å²) in [6, 6.07) is 2.44. The second kappa shape index (κ2) is 7.93. The molecule has 2 N–H and O–H groups in total. The van der Waals surface area contributed by atoms with Gasteiger partial charge in [0.2, 0.25) is 0 Å². The highest BCUT2D eigenvalue weighted by atomic mass is 19.4. The first-order chi connectivity index (χ1) is 14.1. The lowest BCUT2D eigenvalue weighted by Crippen LogP contribution is -2.58. The van der Waals surface area contributed by atoms with Crippen LogP contribution >= 0.6 is 0 Å². The topological polar surface area (TPSA) is 55.6 Å². The summed E-state index contributed by atoms with van der Waals surface area (Å²) in [6.07, 6.45) is -4.72. The lowest BCUT2D eigenvalue weighted by Gasteiger charge is -2.53. The summed E-state index contributed by atoms with van der Waals surface area (Å²) in [6.45, 7) is 20.0. The minimum atomic E-state index is -4.49. The van der Waals surface area contributed by atoms with Gasteiger partial charge in [0.25, 0.3) is 0 Å². The maximum absolute atomic E-state index is 13.6. The van der Waals surface area contributed by atoms with E-state index in [-0.39, 0.29) is 16.9 Å². The third-order valence-corrected chi connectivity index (χ3v) is 7.91. The molecule has 32 heavy (non-hydrogen) atoms. The number of ether oxygens (including phenoxy) is 1. The van der Waals surface area contributed by atoms with E-state index in [0.717, 1.165) is 12.1 Å². The zero-order chi connectivity index (χ0) is 25.1. The predicted octanol–water partition coefficient (Wildman–Crippen LogP) is 7.32. The molecule has 1 heterocycles. The van der Waals surface area contributed by atoms with Crippen molar-refractivity contribution >= 4 is 11.8 Å². The Bertz CT molecular complexity index is 861. The van der Waals surface area contributed by atoms with Gasteiger partial charge >= 0.3 is 12.3 Å². The van der Waals surface area contributed by atoms with Gasteiger partial charge in [-0.2, -0.15) is 13.2 Å². The van der Waals surface area contributed by atoms with Gasteiger partial charge in [-0.1, -0.05) is 55.4 Å². The molecule has 0 fully saturated rings. The molecule has 0 bridgehead atoms. The fraction of sp³-hybridized carbons (Fsp3) is 0.720. The molecule has 0 spiro atoms. The first kappa shape index (κ1) is 26.5. The Kier molecular flexibility index (Phi) is 6.56. The monoisotopic (exact) mass is 456 g/mol. The van der Waals surface area contributed by atoms with Crippen LogP contribution in [-0.2, 0) is 10.9 Å². The van der Waals surface area contributed by atoms with E-state index in [0.29, 0.717) is 17.7 Å². The second-order valence-electron chi connectivity index (χ2n) is 12.1. The molecule has 1 aromatic carbocycles. The molecule has 0 saturated carbocycles. The van der Waals surface area contributed by atoms with Crippen molar-refractivity contribution in [3.8, 4) is 0 Å². The van der Waals surface area contributed by atoms with Crippen LogP contribution in [0.25, 0.3) is 0 Å². The van der Waals surface area contributed by atoms with Gasteiger partial charge in [0, 0.05) is 17.5 Å². The Balaban J connectivity index is 2.67. The van der Waals surface area contributed by atoms with Crippen molar-refractivity contribution < 1.29 is 22.7 Å². The van der Waals surface area contributed by atoms with Crippen LogP contribution in [0.3, 0.4) is 0 Å². The maximum Gasteiger partial charge on any atom is 0.416 e. The van der Waals surface area contributed by atoms with Crippen LogP contribution in [0, 0.1) is 16.2 Å². The van der Waals surface area contributed by atoms with Crippen LogP contribution in [0.2, 0.25) is 0 Å². The van der Waals surface area contributed by atoms with Gasteiger partial charge in [0.1, 0.15) is 5.60 Å². The highest BCUT2D eigenvalue weighted by Gasteiger charge is 2.50. The summed E-state index contributed by atoms with van der Waals surface area (Å²) in [5.41, 5.74) is 4.57. The maximum atomic E-state index is 13.6. The standard InChI is InChI=1S/C25H39F3N2O2/c1-21(2,3)23(7,8)19-14-17(29)16-13-15(25(26,27)28)11-12-18(16)30(19)20(31)32-24(9,10)22(4,5)6/h11-13,17,19H,14,29H2,1-10H3/t17-,19-/m0/s1. The zero-order valence-corrected chi connectivity index (χ0v) is 21.1. The van der Waals surface area contributed by atoms with Crippen LogP contribution < -0.4 is 10.6 Å². The molecule has 1 aromatic rings. The number of carbonyl (C=O) groups excluding carboxylic acids is 1. The number of nitrogens with two attached hydrogens (primary N) is 1. The number of fused-ring (bicyclic) bond motifs is 1. The minimum absolute atomic E-state index is 0.209. The van der Waals surface area contributed by atoms with Gasteiger partial charge in [0.05, 0.1) is 11.3 Å². The van der Waals surface area contributed by atoms with Crippen LogP contribution in [0.5, 0.6) is 0 Å². The summed E-state index contributed by atoms with van der Waals surface area (Å²) >= 11 is 0. The average Bonchev–Trinajstić information content (AvgIpc) is 2.57. The first-order valence-electron chi connectivity index (χ1n) is 11.1. The number of amides is 1. The van der Waals surface area contributed by atoms with E-state index in [2.05, 4.69) is 34.6 Å². The van der Waals surface area contributed by atoms with E-state index in [1.807, 2.05) is 34.6 Å². The summed E-state index contributed by atoms with van der Waals surface area (Å²) < 4.78 is 46.1. The van der Waals surface area contributed by atoms with E-state index < -0.39 is 34.9 Å². The van der Waals surface area contributed by atoms with Crippen molar-refractivity contribution in [3.05, 3.63) is 29.3 Å².